The van der Waals surface area contributed by atoms with Crippen LogP contribution in [0.15, 0.2) is 71.6 Å². The van der Waals surface area contributed by atoms with Gasteiger partial charge in [-0.2, -0.15) is 0 Å². The van der Waals surface area contributed by atoms with Crippen molar-refractivity contribution in [3.05, 3.63) is 88.4 Å². The maximum absolute atomic E-state index is 13.4. The fourth-order valence-electron chi connectivity index (χ4n) is 3.18. The number of anilines is 1. The van der Waals surface area contributed by atoms with Crippen LogP contribution in [0.4, 0.5) is 5.69 Å². The van der Waals surface area contributed by atoms with Gasteiger partial charge in [-0.05, 0) is 86.0 Å². The zero-order chi connectivity index (χ0) is 24.0. The highest BCUT2D eigenvalue weighted by Gasteiger charge is 2.27. The summed E-state index contributed by atoms with van der Waals surface area (Å²) in [5.74, 6) is 0.282. The Labute approximate surface area is 200 Å². The molecule has 0 spiro atoms. The van der Waals surface area contributed by atoms with E-state index < -0.39 is 15.9 Å². The highest BCUT2D eigenvalue weighted by molar-refractivity contribution is 7.92. The van der Waals surface area contributed by atoms with Gasteiger partial charge >= 0.3 is 0 Å². The predicted molar refractivity (Wildman–Crippen MR) is 132 cm³/mol. The SMILES string of the molecule is Cc1cccc(OCCNC(=O)CN(c2ccc(C)c(C)c2)S(=O)(=O)c2ccc(Cl)cc2)c1. The van der Waals surface area contributed by atoms with Crippen LogP contribution in [0, 0.1) is 20.8 Å². The van der Waals surface area contributed by atoms with Gasteiger partial charge in [-0.3, -0.25) is 9.10 Å². The van der Waals surface area contributed by atoms with Crippen LogP contribution in [-0.4, -0.2) is 34.0 Å². The zero-order valence-electron chi connectivity index (χ0n) is 18.8. The van der Waals surface area contributed by atoms with Crippen molar-refractivity contribution in [2.75, 3.05) is 24.0 Å². The van der Waals surface area contributed by atoms with Crippen LogP contribution in [0.5, 0.6) is 5.75 Å². The van der Waals surface area contributed by atoms with Crippen LogP contribution >= 0.6 is 11.6 Å². The fourth-order valence-corrected chi connectivity index (χ4v) is 4.72. The van der Waals surface area contributed by atoms with E-state index in [1.165, 1.54) is 24.3 Å². The Hall–Kier alpha value is -3.03. The molecular formula is C25H27ClN2O4S. The number of hydrogen-bond donors (Lipinski definition) is 1. The number of benzene rings is 3. The minimum absolute atomic E-state index is 0.0562. The minimum atomic E-state index is -3.99. The molecule has 0 aliphatic rings. The van der Waals surface area contributed by atoms with Crippen LogP contribution < -0.4 is 14.4 Å². The molecule has 0 radical (unpaired) electrons. The lowest BCUT2D eigenvalue weighted by Gasteiger charge is -2.25. The van der Waals surface area contributed by atoms with Crippen LogP contribution in [0.1, 0.15) is 16.7 Å². The van der Waals surface area contributed by atoms with Gasteiger partial charge in [0.2, 0.25) is 5.91 Å². The molecule has 0 unspecified atom stereocenters. The number of halogens is 1. The van der Waals surface area contributed by atoms with E-state index >= 15 is 0 Å². The molecule has 0 saturated carbocycles. The molecule has 0 saturated heterocycles. The Morgan fingerprint density at radius 2 is 1.70 bits per heavy atom. The van der Waals surface area contributed by atoms with E-state index in [-0.39, 0.29) is 24.6 Å². The van der Waals surface area contributed by atoms with Gasteiger partial charge in [0.25, 0.3) is 10.0 Å². The summed E-state index contributed by atoms with van der Waals surface area (Å²) in [5.41, 5.74) is 3.45. The molecule has 3 rings (SSSR count). The first-order chi connectivity index (χ1) is 15.7. The molecule has 8 heteroatoms. The van der Waals surface area contributed by atoms with E-state index in [1.807, 2.05) is 51.1 Å². The van der Waals surface area contributed by atoms with Crippen LogP contribution in [0.3, 0.4) is 0 Å². The molecule has 0 fully saturated rings. The molecule has 3 aromatic carbocycles. The average Bonchev–Trinajstić information content (AvgIpc) is 2.77. The van der Waals surface area contributed by atoms with Crippen LogP contribution in [0.2, 0.25) is 5.02 Å². The lowest BCUT2D eigenvalue weighted by atomic mass is 10.1. The zero-order valence-corrected chi connectivity index (χ0v) is 20.4. The lowest BCUT2D eigenvalue weighted by molar-refractivity contribution is -0.119. The maximum Gasteiger partial charge on any atom is 0.264 e. The molecule has 33 heavy (non-hydrogen) atoms. The smallest absolute Gasteiger partial charge is 0.264 e. The van der Waals surface area contributed by atoms with Gasteiger partial charge in [0.05, 0.1) is 17.1 Å². The van der Waals surface area contributed by atoms with E-state index in [2.05, 4.69) is 5.32 Å². The molecule has 1 N–H and O–H groups in total. The van der Waals surface area contributed by atoms with Crippen molar-refractivity contribution < 1.29 is 17.9 Å². The number of sulfonamides is 1. The number of carbonyl (C=O) groups excluding carboxylic acids is 1. The summed E-state index contributed by atoms with van der Waals surface area (Å²) in [4.78, 5) is 12.7. The third-order valence-corrected chi connectivity index (χ3v) is 7.19. The molecule has 0 bridgehead atoms. The third-order valence-electron chi connectivity index (χ3n) is 5.15. The Kier molecular flexibility index (Phi) is 8.00. The second-order valence-corrected chi connectivity index (χ2v) is 10.0. The van der Waals surface area contributed by atoms with Crippen molar-refractivity contribution in [2.45, 2.75) is 25.7 Å². The summed E-state index contributed by atoms with van der Waals surface area (Å²) in [7, 11) is -3.99. The van der Waals surface area contributed by atoms with Crippen molar-refractivity contribution in [3.8, 4) is 5.75 Å². The number of nitrogens with zero attached hydrogens (tertiary/aromatic N) is 1. The summed E-state index contributed by atoms with van der Waals surface area (Å²) in [5, 5.41) is 3.16. The van der Waals surface area contributed by atoms with Crippen molar-refractivity contribution in [2.24, 2.45) is 0 Å². The third kappa shape index (κ3) is 6.49. The number of ether oxygens (including phenoxy) is 1. The minimum Gasteiger partial charge on any atom is -0.492 e. The van der Waals surface area contributed by atoms with E-state index in [0.717, 1.165) is 21.0 Å². The van der Waals surface area contributed by atoms with Gasteiger partial charge in [-0.25, -0.2) is 8.42 Å². The summed E-state index contributed by atoms with van der Waals surface area (Å²) < 4.78 is 33.6. The molecular weight excluding hydrogens is 460 g/mol. The first-order valence-electron chi connectivity index (χ1n) is 10.5. The van der Waals surface area contributed by atoms with E-state index in [1.54, 1.807) is 12.1 Å². The standard InChI is InChI=1S/C25H27ClN2O4S/c1-18-5-4-6-23(15-18)32-14-13-27-25(29)17-28(22-10-7-19(2)20(3)16-22)33(30,31)24-11-8-21(26)9-12-24/h4-12,15-16H,13-14,17H2,1-3H3,(H,27,29). The summed E-state index contributed by atoms with van der Waals surface area (Å²) in [6.07, 6.45) is 0. The highest BCUT2D eigenvalue weighted by Crippen LogP contribution is 2.26. The number of nitrogens with one attached hydrogen (secondary N) is 1. The number of amides is 1. The summed E-state index contributed by atoms with van der Waals surface area (Å²) in [6, 6.07) is 18.8. The van der Waals surface area contributed by atoms with E-state index in [4.69, 9.17) is 16.3 Å². The van der Waals surface area contributed by atoms with Crippen molar-refractivity contribution in [1.29, 1.82) is 0 Å². The molecule has 3 aromatic rings. The van der Waals surface area contributed by atoms with E-state index in [0.29, 0.717) is 16.5 Å². The second kappa shape index (κ2) is 10.7. The van der Waals surface area contributed by atoms with Crippen molar-refractivity contribution in [1.82, 2.24) is 5.32 Å². The number of aryl methyl sites for hydroxylation is 3. The largest absolute Gasteiger partial charge is 0.492 e. The number of hydrogen-bond acceptors (Lipinski definition) is 4. The van der Waals surface area contributed by atoms with Gasteiger partial charge in [0.1, 0.15) is 18.9 Å². The molecule has 0 heterocycles. The second-order valence-electron chi connectivity index (χ2n) is 7.75. The Morgan fingerprint density at radius 3 is 2.36 bits per heavy atom. The number of carbonyl (C=O) groups is 1. The normalized spacial score (nSPS) is 11.2. The van der Waals surface area contributed by atoms with E-state index in [9.17, 15) is 13.2 Å². The summed E-state index contributed by atoms with van der Waals surface area (Å²) >= 11 is 5.92. The first-order valence-corrected chi connectivity index (χ1v) is 12.3. The lowest BCUT2D eigenvalue weighted by Crippen LogP contribution is -2.42. The van der Waals surface area contributed by atoms with Gasteiger partial charge in [0, 0.05) is 5.02 Å². The number of rotatable bonds is 9. The Morgan fingerprint density at radius 1 is 0.970 bits per heavy atom. The molecule has 174 valence electrons. The molecule has 0 aliphatic carbocycles. The molecule has 0 aromatic heterocycles. The molecule has 0 atom stereocenters. The van der Waals surface area contributed by atoms with Crippen molar-refractivity contribution >= 4 is 33.2 Å². The van der Waals surface area contributed by atoms with Gasteiger partial charge in [-0.1, -0.05) is 29.8 Å². The highest BCUT2D eigenvalue weighted by atomic mass is 35.5. The molecule has 0 aliphatic heterocycles. The predicted octanol–water partition coefficient (Wildman–Crippen LogP) is 4.66. The molecule has 6 nitrogen and oxygen atoms in total. The quantitative estimate of drug-likeness (QED) is 0.446. The topological polar surface area (TPSA) is 75.7 Å². The van der Waals surface area contributed by atoms with Gasteiger partial charge in [-0.15, -0.1) is 0 Å². The van der Waals surface area contributed by atoms with Crippen LogP contribution in [-0.2, 0) is 14.8 Å². The van der Waals surface area contributed by atoms with Gasteiger partial charge in [0.15, 0.2) is 0 Å². The van der Waals surface area contributed by atoms with Crippen LogP contribution in [0.25, 0.3) is 0 Å². The monoisotopic (exact) mass is 486 g/mol. The van der Waals surface area contributed by atoms with Crippen molar-refractivity contribution in [3.63, 3.8) is 0 Å². The molecule has 1 amide bonds. The maximum atomic E-state index is 13.4. The summed E-state index contributed by atoms with van der Waals surface area (Å²) in [6.45, 7) is 5.96. The first kappa shape index (κ1) is 24.6. The fraction of sp³-hybridized carbons (Fsp3) is 0.240. The van der Waals surface area contributed by atoms with Gasteiger partial charge < -0.3 is 10.1 Å². The Bertz CT molecular complexity index is 1230. The Balaban J connectivity index is 1.74. The average molecular weight is 487 g/mol.